The minimum absolute atomic E-state index is 0.193. The monoisotopic (exact) mass is 254 g/mol. The number of carbonyl (C=O) groups is 1. The van der Waals surface area contributed by atoms with Gasteiger partial charge in [0.25, 0.3) is 0 Å². The van der Waals surface area contributed by atoms with Gasteiger partial charge in [-0.05, 0) is 23.3 Å². The number of rotatable bonds is 2. The van der Waals surface area contributed by atoms with E-state index < -0.39 is 5.41 Å². The van der Waals surface area contributed by atoms with Crippen molar-refractivity contribution in [1.29, 1.82) is 0 Å². The lowest BCUT2D eigenvalue weighted by atomic mass is 9.73. The lowest BCUT2D eigenvalue weighted by Gasteiger charge is -2.25. The zero-order chi connectivity index (χ0) is 13.3. The molecule has 0 spiro atoms. The maximum atomic E-state index is 12.3. The number of phenols is 1. The highest BCUT2D eigenvalue weighted by Gasteiger charge is 2.47. The van der Waals surface area contributed by atoms with E-state index in [0.717, 1.165) is 11.1 Å². The van der Waals surface area contributed by atoms with Gasteiger partial charge in [-0.25, -0.2) is 0 Å². The van der Waals surface area contributed by atoms with Crippen molar-refractivity contribution in [1.82, 2.24) is 0 Å². The zero-order valence-electron chi connectivity index (χ0n) is 10.4. The van der Waals surface area contributed by atoms with Crippen molar-refractivity contribution >= 4 is 5.97 Å². The lowest BCUT2D eigenvalue weighted by molar-refractivity contribution is -0.141. The standard InChI is InChI=1S/C16H14O3/c17-14-8-6-13(7-9-14)16(10-11-19-15(16)18)12-4-2-1-3-5-12/h1-9,17H,10-11H2. The Balaban J connectivity index is 2.18. The van der Waals surface area contributed by atoms with E-state index in [1.165, 1.54) is 0 Å². The minimum Gasteiger partial charge on any atom is -0.508 e. The van der Waals surface area contributed by atoms with Gasteiger partial charge in [0, 0.05) is 6.42 Å². The number of cyclic esters (lactones) is 1. The molecule has 1 atom stereocenters. The Hall–Kier alpha value is -2.29. The van der Waals surface area contributed by atoms with Crippen LogP contribution in [0.3, 0.4) is 0 Å². The van der Waals surface area contributed by atoms with Gasteiger partial charge < -0.3 is 9.84 Å². The smallest absolute Gasteiger partial charge is 0.321 e. The Morgan fingerprint density at radius 2 is 1.58 bits per heavy atom. The molecule has 1 N–H and O–H groups in total. The molecule has 3 rings (SSSR count). The average molecular weight is 254 g/mol. The summed E-state index contributed by atoms with van der Waals surface area (Å²) in [6.07, 6.45) is 0.626. The molecule has 19 heavy (non-hydrogen) atoms. The highest BCUT2D eigenvalue weighted by atomic mass is 16.5. The fourth-order valence-electron chi connectivity index (χ4n) is 2.68. The molecule has 0 radical (unpaired) electrons. The van der Waals surface area contributed by atoms with Gasteiger partial charge in [-0.2, -0.15) is 0 Å². The summed E-state index contributed by atoms with van der Waals surface area (Å²) < 4.78 is 5.21. The van der Waals surface area contributed by atoms with Crippen LogP contribution in [0.4, 0.5) is 0 Å². The molecule has 3 heteroatoms. The van der Waals surface area contributed by atoms with Crippen molar-refractivity contribution in [2.24, 2.45) is 0 Å². The Bertz CT molecular complexity index is 589. The van der Waals surface area contributed by atoms with E-state index in [-0.39, 0.29) is 11.7 Å². The first kappa shape index (κ1) is 11.8. The molecule has 2 aromatic carbocycles. The van der Waals surface area contributed by atoms with Crippen LogP contribution < -0.4 is 0 Å². The lowest BCUT2D eigenvalue weighted by Crippen LogP contribution is -2.32. The second-order valence-corrected chi connectivity index (χ2v) is 4.70. The van der Waals surface area contributed by atoms with Gasteiger partial charge in [-0.3, -0.25) is 4.79 Å². The van der Waals surface area contributed by atoms with E-state index in [4.69, 9.17) is 4.74 Å². The number of hydrogen-bond donors (Lipinski definition) is 1. The van der Waals surface area contributed by atoms with Crippen molar-refractivity contribution in [3.8, 4) is 5.75 Å². The van der Waals surface area contributed by atoms with Gasteiger partial charge in [-0.15, -0.1) is 0 Å². The maximum absolute atomic E-state index is 12.3. The second-order valence-electron chi connectivity index (χ2n) is 4.70. The van der Waals surface area contributed by atoms with Crippen molar-refractivity contribution < 1.29 is 14.6 Å². The van der Waals surface area contributed by atoms with Crippen LogP contribution in [-0.2, 0) is 14.9 Å². The third kappa shape index (κ3) is 1.78. The molecule has 1 fully saturated rings. The Labute approximate surface area is 111 Å². The molecule has 0 bridgehead atoms. The molecule has 0 saturated carbocycles. The zero-order valence-corrected chi connectivity index (χ0v) is 10.4. The van der Waals surface area contributed by atoms with E-state index in [1.807, 2.05) is 30.3 Å². The minimum atomic E-state index is -0.741. The van der Waals surface area contributed by atoms with Crippen molar-refractivity contribution in [2.75, 3.05) is 6.61 Å². The van der Waals surface area contributed by atoms with Gasteiger partial charge in [0.1, 0.15) is 11.2 Å². The van der Waals surface area contributed by atoms with Crippen LogP contribution in [0.25, 0.3) is 0 Å². The van der Waals surface area contributed by atoms with Crippen molar-refractivity contribution in [3.05, 3.63) is 65.7 Å². The normalized spacial score (nSPS) is 22.2. The predicted molar refractivity (Wildman–Crippen MR) is 70.9 cm³/mol. The summed E-state index contributed by atoms with van der Waals surface area (Å²) in [5, 5.41) is 9.40. The quantitative estimate of drug-likeness (QED) is 0.838. The van der Waals surface area contributed by atoms with Crippen LogP contribution in [0, 0.1) is 0 Å². The number of hydrogen-bond acceptors (Lipinski definition) is 3. The molecule has 1 unspecified atom stereocenters. The van der Waals surface area contributed by atoms with Crippen LogP contribution in [0.1, 0.15) is 17.5 Å². The van der Waals surface area contributed by atoms with Crippen LogP contribution in [0.15, 0.2) is 54.6 Å². The third-order valence-electron chi connectivity index (χ3n) is 3.69. The third-order valence-corrected chi connectivity index (χ3v) is 3.69. The Morgan fingerprint density at radius 3 is 2.16 bits per heavy atom. The number of carbonyl (C=O) groups excluding carboxylic acids is 1. The fourth-order valence-corrected chi connectivity index (χ4v) is 2.68. The summed E-state index contributed by atoms with van der Waals surface area (Å²) in [7, 11) is 0. The van der Waals surface area contributed by atoms with Crippen LogP contribution in [-0.4, -0.2) is 17.7 Å². The molecular weight excluding hydrogens is 240 g/mol. The topological polar surface area (TPSA) is 46.5 Å². The molecule has 1 heterocycles. The van der Waals surface area contributed by atoms with Gasteiger partial charge in [0.05, 0.1) is 6.61 Å². The molecule has 2 aromatic rings. The van der Waals surface area contributed by atoms with Crippen LogP contribution in [0.5, 0.6) is 5.75 Å². The van der Waals surface area contributed by atoms with E-state index in [1.54, 1.807) is 24.3 Å². The molecule has 3 nitrogen and oxygen atoms in total. The molecule has 1 aliphatic heterocycles. The first-order valence-electron chi connectivity index (χ1n) is 6.26. The Kier molecular flexibility index (Phi) is 2.75. The van der Waals surface area contributed by atoms with Crippen LogP contribution in [0.2, 0.25) is 0 Å². The van der Waals surface area contributed by atoms with Gasteiger partial charge >= 0.3 is 5.97 Å². The van der Waals surface area contributed by atoms with E-state index in [2.05, 4.69) is 0 Å². The molecule has 0 aliphatic carbocycles. The largest absolute Gasteiger partial charge is 0.508 e. The van der Waals surface area contributed by atoms with Crippen molar-refractivity contribution in [3.63, 3.8) is 0 Å². The van der Waals surface area contributed by atoms with E-state index in [0.29, 0.717) is 13.0 Å². The summed E-state index contributed by atoms with van der Waals surface area (Å²) in [6, 6.07) is 16.4. The number of benzene rings is 2. The highest BCUT2D eigenvalue weighted by molar-refractivity contribution is 5.89. The van der Waals surface area contributed by atoms with Crippen molar-refractivity contribution in [2.45, 2.75) is 11.8 Å². The van der Waals surface area contributed by atoms with Gasteiger partial charge in [0.15, 0.2) is 0 Å². The number of esters is 1. The summed E-state index contributed by atoms with van der Waals surface area (Å²) in [6.45, 7) is 0.425. The molecule has 0 amide bonds. The first-order valence-corrected chi connectivity index (χ1v) is 6.26. The van der Waals surface area contributed by atoms with E-state index >= 15 is 0 Å². The SMILES string of the molecule is O=C1OCCC1(c1ccccc1)c1ccc(O)cc1. The first-order chi connectivity index (χ1) is 9.23. The summed E-state index contributed by atoms with van der Waals surface area (Å²) in [5.74, 6) is -0.0253. The summed E-state index contributed by atoms with van der Waals surface area (Å²) >= 11 is 0. The fraction of sp³-hybridized carbons (Fsp3) is 0.188. The van der Waals surface area contributed by atoms with Gasteiger partial charge in [0.2, 0.25) is 0 Å². The molecule has 96 valence electrons. The molecule has 1 aliphatic rings. The van der Waals surface area contributed by atoms with Gasteiger partial charge in [-0.1, -0.05) is 42.5 Å². The van der Waals surface area contributed by atoms with E-state index in [9.17, 15) is 9.90 Å². The predicted octanol–water partition coefficient (Wildman–Crippen LogP) is 2.63. The molecule has 0 aromatic heterocycles. The number of phenolic OH excluding ortho intramolecular Hbond substituents is 1. The number of ether oxygens (including phenoxy) is 1. The Morgan fingerprint density at radius 1 is 0.947 bits per heavy atom. The molecular formula is C16H14O3. The summed E-state index contributed by atoms with van der Waals surface area (Å²) in [4.78, 5) is 12.3. The highest BCUT2D eigenvalue weighted by Crippen LogP contribution is 2.41. The second kappa shape index (κ2) is 4.43. The van der Waals surface area contributed by atoms with Crippen LogP contribution >= 0.6 is 0 Å². The molecule has 1 saturated heterocycles. The number of aromatic hydroxyl groups is 1. The maximum Gasteiger partial charge on any atom is 0.321 e. The average Bonchev–Trinajstić information content (AvgIpc) is 2.83. The summed E-state index contributed by atoms with van der Waals surface area (Å²) in [5.41, 5.74) is 1.05.